The summed E-state index contributed by atoms with van der Waals surface area (Å²) in [6, 6.07) is 8.71. The summed E-state index contributed by atoms with van der Waals surface area (Å²) >= 11 is 1.45. The van der Waals surface area contributed by atoms with Gasteiger partial charge in [-0.3, -0.25) is 24.8 Å². The van der Waals surface area contributed by atoms with Crippen LogP contribution in [0.25, 0.3) is 0 Å². The van der Waals surface area contributed by atoms with E-state index in [0.29, 0.717) is 51.3 Å². The number of nitrogens with zero attached hydrogens (tertiary/aromatic N) is 5. The molecular weight excluding hydrogens is 455 g/mol. The highest BCUT2D eigenvalue weighted by atomic mass is 32.1. The smallest absolute Gasteiger partial charge is 0.269 e. The summed E-state index contributed by atoms with van der Waals surface area (Å²) in [5.74, 6) is 0.648. The topological polar surface area (TPSA) is 71.5 Å². The van der Waals surface area contributed by atoms with Crippen LogP contribution >= 0.6 is 11.3 Å². The molecule has 1 aromatic heterocycles. The van der Waals surface area contributed by atoms with E-state index in [0.717, 1.165) is 29.2 Å². The standard InChI is InChI=1S/C24H29FN6O2S/c1-2-3-11-30-23(33)22-19(10-16-34-22)31-20(26-27-24(30)31)8-9-21(32)29-14-12-28(13-15-29)18-7-5-4-6-17(18)25/h4-7,10,16,24,27H,2-3,8-9,11-15H2,1H3. The second-order valence-corrected chi connectivity index (χ2v) is 9.62. The van der Waals surface area contributed by atoms with E-state index < -0.39 is 0 Å². The molecule has 1 atom stereocenters. The van der Waals surface area contributed by atoms with Crippen molar-refractivity contribution in [3.8, 4) is 0 Å². The number of benzene rings is 1. The number of para-hydroxylation sites is 1. The van der Waals surface area contributed by atoms with Crippen molar-refractivity contribution in [2.45, 2.75) is 38.9 Å². The molecule has 1 N–H and O–H groups in total. The number of nitrogens with one attached hydrogen (secondary N) is 1. The third kappa shape index (κ3) is 4.11. The van der Waals surface area contributed by atoms with Gasteiger partial charge in [-0.2, -0.15) is 5.10 Å². The van der Waals surface area contributed by atoms with Gasteiger partial charge in [-0.05, 0) is 30.0 Å². The van der Waals surface area contributed by atoms with E-state index in [4.69, 9.17) is 0 Å². The van der Waals surface area contributed by atoms with Crippen LogP contribution in [-0.2, 0) is 4.79 Å². The Morgan fingerprint density at radius 1 is 1.18 bits per heavy atom. The first kappa shape index (κ1) is 22.6. The number of halogens is 1. The fraction of sp³-hybridized carbons (Fsp3) is 0.458. The maximum absolute atomic E-state index is 14.1. The third-order valence-corrected chi connectivity index (χ3v) is 7.52. The van der Waals surface area contributed by atoms with E-state index in [2.05, 4.69) is 22.4 Å². The molecule has 10 heteroatoms. The minimum absolute atomic E-state index is 0.0347. The number of rotatable bonds is 7. The van der Waals surface area contributed by atoms with E-state index >= 15 is 0 Å². The molecule has 1 fully saturated rings. The van der Waals surface area contributed by atoms with Crippen molar-refractivity contribution < 1.29 is 14.0 Å². The van der Waals surface area contributed by atoms with Gasteiger partial charge in [-0.1, -0.05) is 25.5 Å². The fourth-order valence-electron chi connectivity index (χ4n) is 4.77. The van der Waals surface area contributed by atoms with Gasteiger partial charge in [0.05, 0.1) is 11.4 Å². The summed E-state index contributed by atoms with van der Waals surface area (Å²) in [6.07, 6.45) is 2.41. The minimum atomic E-state index is -0.337. The van der Waals surface area contributed by atoms with Gasteiger partial charge in [0.1, 0.15) is 16.5 Å². The highest BCUT2D eigenvalue weighted by Crippen LogP contribution is 2.37. The molecule has 4 heterocycles. The summed E-state index contributed by atoms with van der Waals surface area (Å²) in [5, 5.41) is 6.44. The molecule has 1 saturated heterocycles. The molecule has 3 aliphatic rings. The highest BCUT2D eigenvalue weighted by Gasteiger charge is 2.43. The van der Waals surface area contributed by atoms with Gasteiger partial charge < -0.3 is 9.80 Å². The first-order valence-corrected chi connectivity index (χ1v) is 12.7. The van der Waals surface area contributed by atoms with Crippen molar-refractivity contribution in [1.82, 2.24) is 15.2 Å². The second kappa shape index (κ2) is 9.61. The summed E-state index contributed by atoms with van der Waals surface area (Å²) in [5.41, 5.74) is 4.57. The molecule has 34 heavy (non-hydrogen) atoms. The van der Waals surface area contributed by atoms with Crippen LogP contribution in [0, 0.1) is 5.82 Å². The van der Waals surface area contributed by atoms with Crippen LogP contribution in [-0.4, -0.2) is 66.5 Å². The quantitative estimate of drug-likeness (QED) is 0.653. The second-order valence-electron chi connectivity index (χ2n) is 8.71. The van der Waals surface area contributed by atoms with E-state index in [1.165, 1.54) is 17.4 Å². The molecule has 5 rings (SSSR count). The molecular formula is C24H29FN6O2S. The Labute approximate surface area is 202 Å². The van der Waals surface area contributed by atoms with Crippen molar-refractivity contribution in [3.63, 3.8) is 0 Å². The number of amidine groups is 1. The maximum atomic E-state index is 14.1. The van der Waals surface area contributed by atoms with Gasteiger partial charge in [0, 0.05) is 45.6 Å². The van der Waals surface area contributed by atoms with E-state index in [1.807, 2.05) is 32.2 Å². The molecule has 180 valence electrons. The Hall–Kier alpha value is -3.14. The van der Waals surface area contributed by atoms with E-state index in [-0.39, 0.29) is 23.9 Å². The van der Waals surface area contributed by atoms with Crippen molar-refractivity contribution in [1.29, 1.82) is 0 Å². The molecule has 0 radical (unpaired) electrons. The number of carbonyl (C=O) groups excluding carboxylic acids is 2. The Morgan fingerprint density at radius 3 is 2.74 bits per heavy atom. The number of fused-ring (bicyclic) bond motifs is 3. The zero-order valence-electron chi connectivity index (χ0n) is 19.2. The molecule has 3 aliphatic heterocycles. The lowest BCUT2D eigenvalue weighted by Crippen LogP contribution is -2.58. The molecule has 2 amide bonds. The Bertz CT molecular complexity index is 1100. The number of carbonyl (C=O) groups is 2. The monoisotopic (exact) mass is 484 g/mol. The largest absolute Gasteiger partial charge is 0.366 e. The molecule has 0 saturated carbocycles. The molecule has 0 aliphatic carbocycles. The van der Waals surface area contributed by atoms with Gasteiger partial charge in [-0.15, -0.1) is 11.3 Å². The van der Waals surface area contributed by atoms with Crippen molar-refractivity contribution in [2.24, 2.45) is 5.10 Å². The van der Waals surface area contributed by atoms with Gasteiger partial charge in [0.15, 0.2) is 0 Å². The van der Waals surface area contributed by atoms with Crippen LogP contribution in [0.1, 0.15) is 42.3 Å². The number of thiophene rings is 1. The summed E-state index contributed by atoms with van der Waals surface area (Å²) < 4.78 is 14.1. The number of piperazine rings is 1. The lowest BCUT2D eigenvalue weighted by Gasteiger charge is -2.40. The van der Waals surface area contributed by atoms with Crippen LogP contribution in [0.5, 0.6) is 0 Å². The Kier molecular flexibility index (Phi) is 6.40. The molecule has 2 aromatic rings. The van der Waals surface area contributed by atoms with Crippen LogP contribution in [0.15, 0.2) is 40.8 Å². The molecule has 0 spiro atoms. The minimum Gasteiger partial charge on any atom is -0.366 e. The number of hydrogen-bond acceptors (Lipinski definition) is 7. The Balaban J connectivity index is 1.20. The maximum Gasteiger partial charge on any atom is 0.269 e. The molecule has 1 unspecified atom stereocenters. The van der Waals surface area contributed by atoms with Crippen LogP contribution in [0.2, 0.25) is 0 Å². The molecule has 0 bridgehead atoms. The van der Waals surface area contributed by atoms with Crippen molar-refractivity contribution in [2.75, 3.05) is 42.5 Å². The fourth-order valence-corrected chi connectivity index (χ4v) is 5.61. The van der Waals surface area contributed by atoms with Gasteiger partial charge >= 0.3 is 0 Å². The average Bonchev–Trinajstić information content (AvgIpc) is 3.50. The van der Waals surface area contributed by atoms with Gasteiger partial charge in [-0.25, -0.2) is 4.39 Å². The number of hydrazone groups is 1. The number of amides is 2. The first-order chi connectivity index (χ1) is 16.6. The zero-order chi connectivity index (χ0) is 23.7. The van der Waals surface area contributed by atoms with Gasteiger partial charge in [0.25, 0.3) is 5.91 Å². The Morgan fingerprint density at radius 2 is 1.97 bits per heavy atom. The normalized spacial score (nSPS) is 19.6. The SMILES string of the molecule is CCCCN1C(=O)c2sccc2N2C(CCC(=O)N3CCN(c4ccccc4F)CC3)=NNC12. The third-order valence-electron chi connectivity index (χ3n) is 6.63. The number of anilines is 2. The number of hydrogen-bond donors (Lipinski definition) is 1. The molecule has 8 nitrogen and oxygen atoms in total. The zero-order valence-corrected chi connectivity index (χ0v) is 20.1. The van der Waals surface area contributed by atoms with Gasteiger partial charge in [0.2, 0.25) is 12.2 Å². The average molecular weight is 485 g/mol. The highest BCUT2D eigenvalue weighted by molar-refractivity contribution is 7.12. The first-order valence-electron chi connectivity index (χ1n) is 11.9. The van der Waals surface area contributed by atoms with Crippen LogP contribution in [0.3, 0.4) is 0 Å². The van der Waals surface area contributed by atoms with E-state index in [9.17, 15) is 14.0 Å². The van der Waals surface area contributed by atoms with Crippen molar-refractivity contribution in [3.05, 3.63) is 46.4 Å². The lowest BCUT2D eigenvalue weighted by atomic mass is 10.1. The van der Waals surface area contributed by atoms with Crippen molar-refractivity contribution >= 4 is 40.4 Å². The van der Waals surface area contributed by atoms with E-state index in [1.54, 1.807) is 12.1 Å². The molecule has 1 aromatic carbocycles. The van der Waals surface area contributed by atoms with Crippen LogP contribution < -0.4 is 15.2 Å². The predicted octanol–water partition coefficient (Wildman–Crippen LogP) is 3.28. The van der Waals surface area contributed by atoms with Crippen LogP contribution in [0.4, 0.5) is 15.8 Å². The number of unbranched alkanes of at least 4 members (excludes halogenated alkanes) is 1. The summed E-state index contributed by atoms with van der Waals surface area (Å²) in [4.78, 5) is 34.4. The summed E-state index contributed by atoms with van der Waals surface area (Å²) in [7, 11) is 0. The summed E-state index contributed by atoms with van der Waals surface area (Å²) in [6.45, 7) is 5.12. The lowest BCUT2D eigenvalue weighted by molar-refractivity contribution is -0.131. The predicted molar refractivity (Wildman–Crippen MR) is 132 cm³/mol.